The van der Waals surface area contributed by atoms with Gasteiger partial charge in [0.1, 0.15) is 5.52 Å². The fraction of sp³-hybridized carbons (Fsp3) is 0.345. The third-order valence-corrected chi connectivity index (χ3v) is 8.09. The van der Waals surface area contributed by atoms with E-state index in [0.717, 1.165) is 28.9 Å². The molecular formula is C29H31ClN8O3. The first-order chi connectivity index (χ1) is 19.8. The molecule has 1 aliphatic rings. The van der Waals surface area contributed by atoms with Crippen molar-refractivity contribution in [1.29, 1.82) is 0 Å². The van der Waals surface area contributed by atoms with Gasteiger partial charge in [-0.25, -0.2) is 4.98 Å². The van der Waals surface area contributed by atoms with E-state index < -0.39 is 5.60 Å². The van der Waals surface area contributed by atoms with Gasteiger partial charge < -0.3 is 14.9 Å². The van der Waals surface area contributed by atoms with Crippen LogP contribution in [0.2, 0.25) is 5.02 Å². The van der Waals surface area contributed by atoms with Gasteiger partial charge in [0, 0.05) is 49.4 Å². The van der Waals surface area contributed by atoms with Gasteiger partial charge in [0.25, 0.3) is 5.56 Å². The summed E-state index contributed by atoms with van der Waals surface area (Å²) in [6.45, 7) is 2.93. The van der Waals surface area contributed by atoms with Crippen LogP contribution in [0.15, 0.2) is 64.5 Å². The Labute approximate surface area is 241 Å². The second-order valence-electron chi connectivity index (χ2n) is 10.6. The van der Waals surface area contributed by atoms with Crippen LogP contribution in [-0.4, -0.2) is 65.2 Å². The van der Waals surface area contributed by atoms with Crippen LogP contribution in [0.1, 0.15) is 24.0 Å². The molecule has 5 aromatic rings. The Balaban J connectivity index is 1.14. The van der Waals surface area contributed by atoms with Crippen molar-refractivity contribution in [2.75, 3.05) is 20.1 Å². The molecule has 0 spiro atoms. The first-order valence-electron chi connectivity index (χ1n) is 13.5. The van der Waals surface area contributed by atoms with Gasteiger partial charge in [-0.1, -0.05) is 53.2 Å². The van der Waals surface area contributed by atoms with Crippen molar-refractivity contribution in [2.45, 2.75) is 38.1 Å². The van der Waals surface area contributed by atoms with Crippen LogP contribution in [0.25, 0.3) is 33.7 Å². The number of fused-ring (bicyclic) bond motifs is 1. The summed E-state index contributed by atoms with van der Waals surface area (Å²) in [5.74, 6) is 0.491. The number of halogens is 1. The van der Waals surface area contributed by atoms with Crippen LogP contribution < -0.4 is 10.9 Å². The lowest BCUT2D eigenvalue weighted by molar-refractivity contribution is -0.0364. The third kappa shape index (κ3) is 5.53. The Hall–Kier alpha value is -3.90. The Kier molecular flexibility index (Phi) is 7.43. The Morgan fingerprint density at radius 3 is 2.51 bits per heavy atom. The molecule has 0 aliphatic carbocycles. The monoisotopic (exact) mass is 574 g/mol. The summed E-state index contributed by atoms with van der Waals surface area (Å²) < 4.78 is 8.00. The lowest BCUT2D eigenvalue weighted by Crippen LogP contribution is -2.47. The summed E-state index contributed by atoms with van der Waals surface area (Å²) in [5, 5.41) is 23.5. The summed E-state index contributed by atoms with van der Waals surface area (Å²) in [6, 6.07) is 13.8. The molecular weight excluding hydrogens is 544 g/mol. The number of aryl methyl sites for hydroxylation is 1. The van der Waals surface area contributed by atoms with Crippen LogP contribution in [-0.2, 0) is 26.7 Å². The number of aliphatic hydroxyl groups is 1. The highest BCUT2D eigenvalue weighted by Crippen LogP contribution is 2.29. The molecule has 212 valence electrons. The van der Waals surface area contributed by atoms with E-state index in [1.807, 2.05) is 56.6 Å². The second-order valence-corrected chi connectivity index (χ2v) is 11.0. The number of aromatic nitrogens is 6. The number of hydrogen-bond acceptors (Lipinski definition) is 9. The zero-order valence-electron chi connectivity index (χ0n) is 22.9. The van der Waals surface area contributed by atoms with Gasteiger partial charge in [-0.3, -0.25) is 18.9 Å². The summed E-state index contributed by atoms with van der Waals surface area (Å²) in [5.41, 5.74) is 4.24. The number of benzene rings is 2. The molecule has 0 unspecified atom stereocenters. The molecule has 4 heterocycles. The molecule has 0 saturated carbocycles. The Morgan fingerprint density at radius 2 is 1.83 bits per heavy atom. The molecule has 6 rings (SSSR count). The zero-order chi connectivity index (χ0) is 28.6. The van der Waals surface area contributed by atoms with Crippen LogP contribution >= 0.6 is 11.6 Å². The molecule has 2 aromatic carbocycles. The number of piperidine rings is 1. The second kappa shape index (κ2) is 11.2. The highest BCUT2D eigenvalue weighted by molar-refractivity contribution is 6.31. The van der Waals surface area contributed by atoms with Crippen molar-refractivity contribution in [2.24, 2.45) is 7.05 Å². The molecule has 12 heteroatoms. The molecule has 0 radical (unpaired) electrons. The van der Waals surface area contributed by atoms with E-state index >= 15 is 0 Å². The molecule has 0 bridgehead atoms. The molecule has 11 nitrogen and oxygen atoms in total. The quantitative estimate of drug-likeness (QED) is 0.287. The highest BCUT2D eigenvalue weighted by Gasteiger charge is 2.33. The van der Waals surface area contributed by atoms with E-state index in [1.54, 1.807) is 4.68 Å². The van der Waals surface area contributed by atoms with Crippen LogP contribution in [0.5, 0.6) is 0 Å². The van der Waals surface area contributed by atoms with E-state index in [-0.39, 0.29) is 12.1 Å². The first kappa shape index (κ1) is 27.3. The minimum absolute atomic E-state index is 0.160. The van der Waals surface area contributed by atoms with Crippen LogP contribution in [0, 0.1) is 0 Å². The largest absolute Gasteiger partial charge is 0.388 e. The standard InChI is InChI=1S/C29H31ClN8O3/c1-31-14-19-3-5-20(6-4-19)26-24-25(34-36(26)2)28(39)38(17-32-24)16-29(40)9-11-37(12-10-29)15-22-8-7-21(13-23(22)30)27-33-18-41-35-27/h3-8,13,17-18,31,40H,9-12,14-16H2,1-2H3. The van der Waals surface area contributed by atoms with E-state index in [0.29, 0.717) is 54.4 Å². The lowest BCUT2D eigenvalue weighted by Gasteiger charge is -2.38. The van der Waals surface area contributed by atoms with Gasteiger partial charge >= 0.3 is 0 Å². The zero-order valence-corrected chi connectivity index (χ0v) is 23.7. The topological polar surface area (TPSA) is 127 Å². The van der Waals surface area contributed by atoms with Crippen molar-refractivity contribution < 1.29 is 9.63 Å². The van der Waals surface area contributed by atoms with Gasteiger partial charge in [-0.15, -0.1) is 0 Å². The van der Waals surface area contributed by atoms with Gasteiger partial charge in [-0.05, 0) is 37.1 Å². The van der Waals surface area contributed by atoms with Gasteiger partial charge in [0.2, 0.25) is 12.2 Å². The summed E-state index contributed by atoms with van der Waals surface area (Å²) >= 11 is 6.55. The number of hydrogen-bond donors (Lipinski definition) is 2. The molecule has 1 saturated heterocycles. The average Bonchev–Trinajstić information content (AvgIpc) is 3.62. The molecule has 3 aromatic heterocycles. The maximum atomic E-state index is 13.4. The minimum atomic E-state index is -1.03. The van der Waals surface area contributed by atoms with Gasteiger partial charge in [0.15, 0.2) is 5.52 Å². The SMILES string of the molecule is CNCc1ccc(-c2c3ncn(CC4(O)CCN(Cc5ccc(-c6ncon6)cc5Cl)CC4)c(=O)c3nn2C)cc1. The number of rotatable bonds is 8. The molecule has 1 fully saturated rings. The van der Waals surface area contributed by atoms with Crippen molar-refractivity contribution in [3.63, 3.8) is 0 Å². The predicted octanol–water partition coefficient (Wildman–Crippen LogP) is 3.25. The maximum Gasteiger partial charge on any atom is 0.281 e. The van der Waals surface area contributed by atoms with Gasteiger partial charge in [0.05, 0.1) is 24.2 Å². The van der Waals surface area contributed by atoms with E-state index in [2.05, 4.69) is 30.4 Å². The summed E-state index contributed by atoms with van der Waals surface area (Å²) in [4.78, 5) is 24.4. The fourth-order valence-electron chi connectivity index (χ4n) is 5.47. The van der Waals surface area contributed by atoms with E-state index in [9.17, 15) is 9.90 Å². The smallest absolute Gasteiger partial charge is 0.281 e. The fourth-order valence-corrected chi connectivity index (χ4v) is 5.71. The molecule has 41 heavy (non-hydrogen) atoms. The van der Waals surface area contributed by atoms with E-state index in [1.165, 1.54) is 22.9 Å². The minimum Gasteiger partial charge on any atom is -0.388 e. The molecule has 2 N–H and O–H groups in total. The van der Waals surface area contributed by atoms with Crippen molar-refractivity contribution in [3.05, 3.63) is 81.7 Å². The molecule has 1 aliphatic heterocycles. The molecule has 0 atom stereocenters. The first-order valence-corrected chi connectivity index (χ1v) is 13.9. The van der Waals surface area contributed by atoms with Crippen molar-refractivity contribution in [3.8, 4) is 22.6 Å². The summed E-state index contributed by atoms with van der Waals surface area (Å²) in [7, 11) is 3.73. The average molecular weight is 575 g/mol. The number of likely N-dealkylation sites (tertiary alicyclic amines) is 1. The number of nitrogens with zero attached hydrogens (tertiary/aromatic N) is 7. The lowest BCUT2D eigenvalue weighted by atomic mass is 9.91. The number of nitrogens with one attached hydrogen (secondary N) is 1. The molecule has 0 amide bonds. The van der Waals surface area contributed by atoms with Crippen molar-refractivity contribution >= 4 is 22.6 Å². The van der Waals surface area contributed by atoms with Crippen molar-refractivity contribution in [1.82, 2.24) is 39.7 Å². The van der Waals surface area contributed by atoms with Crippen LogP contribution in [0.4, 0.5) is 0 Å². The highest BCUT2D eigenvalue weighted by atomic mass is 35.5. The predicted molar refractivity (Wildman–Crippen MR) is 155 cm³/mol. The normalized spacial score (nSPS) is 15.5. The van der Waals surface area contributed by atoms with Gasteiger partial charge in [-0.2, -0.15) is 10.1 Å². The van der Waals surface area contributed by atoms with Crippen LogP contribution in [0.3, 0.4) is 0 Å². The summed E-state index contributed by atoms with van der Waals surface area (Å²) in [6.07, 6.45) is 3.85. The third-order valence-electron chi connectivity index (χ3n) is 7.74. The Bertz CT molecular complexity index is 1720. The Morgan fingerprint density at radius 1 is 1.07 bits per heavy atom. The van der Waals surface area contributed by atoms with E-state index in [4.69, 9.17) is 16.1 Å². The maximum absolute atomic E-state index is 13.4.